The molecule has 0 radical (unpaired) electrons. The van der Waals surface area contributed by atoms with Crippen LogP contribution in [-0.4, -0.2) is 44.8 Å². The van der Waals surface area contributed by atoms with Crippen molar-refractivity contribution >= 4 is 11.0 Å². The summed E-state index contributed by atoms with van der Waals surface area (Å²) < 4.78 is 1.85. The predicted molar refractivity (Wildman–Crippen MR) is 80.6 cm³/mol. The number of fused-ring (bicyclic) bond motifs is 1. The third-order valence-corrected chi connectivity index (χ3v) is 4.20. The van der Waals surface area contributed by atoms with Gasteiger partial charge >= 0.3 is 0 Å². The summed E-state index contributed by atoms with van der Waals surface area (Å²) in [6.07, 6.45) is 1.99. The number of aromatic nitrogens is 3. The monoisotopic (exact) mass is 273 g/mol. The second-order valence-electron chi connectivity index (χ2n) is 6.01. The van der Waals surface area contributed by atoms with Gasteiger partial charge in [0.25, 0.3) is 0 Å². The summed E-state index contributed by atoms with van der Waals surface area (Å²) in [5, 5.41) is 9.12. The predicted octanol–water partition coefficient (Wildman–Crippen LogP) is 1.46. The van der Waals surface area contributed by atoms with Gasteiger partial charge in [-0.1, -0.05) is 0 Å². The first-order valence-electron chi connectivity index (χ1n) is 7.30. The van der Waals surface area contributed by atoms with Crippen molar-refractivity contribution in [3.05, 3.63) is 23.5 Å². The van der Waals surface area contributed by atoms with Gasteiger partial charge in [-0.3, -0.25) is 9.58 Å². The molecule has 0 aliphatic carbocycles. The number of hydrogen-bond acceptors (Lipinski definition) is 4. The lowest BCUT2D eigenvalue weighted by atomic mass is 10.1. The summed E-state index contributed by atoms with van der Waals surface area (Å²) in [5.74, 6) is 0. The molecule has 1 fully saturated rings. The van der Waals surface area contributed by atoms with Crippen molar-refractivity contribution in [2.24, 2.45) is 7.05 Å². The highest BCUT2D eigenvalue weighted by Crippen LogP contribution is 2.19. The lowest BCUT2D eigenvalue weighted by Gasteiger charge is -2.37. The van der Waals surface area contributed by atoms with Crippen LogP contribution in [0.1, 0.15) is 25.1 Å². The van der Waals surface area contributed by atoms with Crippen molar-refractivity contribution in [3.63, 3.8) is 0 Å². The molecule has 1 aliphatic rings. The van der Waals surface area contributed by atoms with E-state index in [1.807, 2.05) is 24.9 Å². The van der Waals surface area contributed by atoms with Crippen molar-refractivity contribution in [3.8, 4) is 0 Å². The minimum absolute atomic E-state index is 0.558. The molecular weight excluding hydrogens is 250 g/mol. The molecule has 3 heterocycles. The van der Waals surface area contributed by atoms with Gasteiger partial charge in [0.1, 0.15) is 0 Å². The normalized spacial score (nSPS) is 24.4. The number of rotatable bonds is 2. The van der Waals surface area contributed by atoms with Crippen LogP contribution in [0.3, 0.4) is 0 Å². The number of aryl methyl sites for hydroxylation is 2. The maximum absolute atomic E-state index is 4.57. The quantitative estimate of drug-likeness (QED) is 0.900. The molecule has 20 heavy (non-hydrogen) atoms. The van der Waals surface area contributed by atoms with Crippen LogP contribution in [0.25, 0.3) is 11.0 Å². The first-order valence-corrected chi connectivity index (χ1v) is 7.30. The van der Waals surface area contributed by atoms with Crippen LogP contribution in [0.5, 0.6) is 0 Å². The number of hydrogen-bond donors (Lipinski definition) is 1. The Bertz CT molecular complexity index is 618. The summed E-state index contributed by atoms with van der Waals surface area (Å²) >= 11 is 0. The fraction of sp³-hybridized carbons (Fsp3) is 0.600. The summed E-state index contributed by atoms with van der Waals surface area (Å²) in [5.41, 5.74) is 3.29. The van der Waals surface area contributed by atoms with Crippen LogP contribution in [-0.2, 0) is 13.6 Å². The minimum Gasteiger partial charge on any atom is -0.311 e. The molecule has 1 aliphatic heterocycles. The Morgan fingerprint density at radius 3 is 3.00 bits per heavy atom. The van der Waals surface area contributed by atoms with Gasteiger partial charge in [-0.05, 0) is 32.4 Å². The van der Waals surface area contributed by atoms with E-state index in [2.05, 4.69) is 40.2 Å². The summed E-state index contributed by atoms with van der Waals surface area (Å²) in [6, 6.07) is 3.37. The zero-order valence-electron chi connectivity index (χ0n) is 12.7. The lowest BCUT2D eigenvalue weighted by molar-refractivity contribution is 0.139. The standard InChI is InChI=1S/C15H23N5/c1-10-8-20(11(2)6-16-10)9-13-5-14-12(3)18-19(4)15(14)17-7-13/h5,7,10-11,16H,6,8-9H2,1-4H3. The second-order valence-corrected chi connectivity index (χ2v) is 6.01. The molecule has 0 saturated carbocycles. The van der Waals surface area contributed by atoms with E-state index in [9.17, 15) is 0 Å². The van der Waals surface area contributed by atoms with Crippen molar-refractivity contribution in [1.82, 2.24) is 25.0 Å². The second kappa shape index (κ2) is 5.14. The molecule has 0 spiro atoms. The topological polar surface area (TPSA) is 46.0 Å². The maximum atomic E-state index is 4.57. The Morgan fingerprint density at radius 2 is 2.20 bits per heavy atom. The summed E-state index contributed by atoms with van der Waals surface area (Å²) in [4.78, 5) is 7.09. The fourth-order valence-corrected chi connectivity index (χ4v) is 2.99. The van der Waals surface area contributed by atoms with E-state index in [0.29, 0.717) is 12.1 Å². The Balaban J connectivity index is 1.85. The average Bonchev–Trinajstić information content (AvgIpc) is 2.69. The van der Waals surface area contributed by atoms with E-state index in [1.54, 1.807) is 0 Å². The van der Waals surface area contributed by atoms with E-state index in [1.165, 1.54) is 10.9 Å². The first kappa shape index (κ1) is 13.5. The molecule has 108 valence electrons. The van der Waals surface area contributed by atoms with Gasteiger partial charge in [-0.2, -0.15) is 5.10 Å². The average molecular weight is 273 g/mol. The molecular formula is C15H23N5. The molecule has 2 aromatic rings. The number of nitrogens with one attached hydrogen (secondary N) is 1. The van der Waals surface area contributed by atoms with E-state index in [0.717, 1.165) is 31.0 Å². The lowest BCUT2D eigenvalue weighted by Crippen LogP contribution is -2.53. The van der Waals surface area contributed by atoms with E-state index < -0.39 is 0 Å². The van der Waals surface area contributed by atoms with Crippen molar-refractivity contribution in [1.29, 1.82) is 0 Å². The molecule has 2 aromatic heterocycles. The Morgan fingerprint density at radius 1 is 1.40 bits per heavy atom. The van der Waals surface area contributed by atoms with Crippen molar-refractivity contribution < 1.29 is 0 Å². The Hall–Kier alpha value is -1.46. The van der Waals surface area contributed by atoms with Crippen LogP contribution in [0, 0.1) is 6.92 Å². The van der Waals surface area contributed by atoms with Crippen LogP contribution >= 0.6 is 0 Å². The number of nitrogens with zero attached hydrogens (tertiary/aromatic N) is 4. The first-order chi connectivity index (χ1) is 9.54. The van der Waals surface area contributed by atoms with Crippen LogP contribution in [0.15, 0.2) is 12.3 Å². The van der Waals surface area contributed by atoms with Crippen molar-refractivity contribution in [2.45, 2.75) is 39.4 Å². The number of pyridine rings is 1. The largest absolute Gasteiger partial charge is 0.311 e. The molecule has 0 amide bonds. The highest BCUT2D eigenvalue weighted by atomic mass is 15.3. The van der Waals surface area contributed by atoms with Crippen LogP contribution in [0.2, 0.25) is 0 Å². The molecule has 0 aromatic carbocycles. The Labute approximate surface area is 120 Å². The van der Waals surface area contributed by atoms with Crippen LogP contribution < -0.4 is 5.32 Å². The van der Waals surface area contributed by atoms with Gasteiger partial charge in [-0.15, -0.1) is 0 Å². The van der Waals surface area contributed by atoms with E-state index >= 15 is 0 Å². The smallest absolute Gasteiger partial charge is 0.157 e. The van der Waals surface area contributed by atoms with Crippen LogP contribution in [0.4, 0.5) is 0 Å². The minimum atomic E-state index is 0.558. The van der Waals surface area contributed by atoms with Gasteiger partial charge in [0.2, 0.25) is 0 Å². The highest BCUT2D eigenvalue weighted by Gasteiger charge is 2.22. The SMILES string of the molecule is Cc1nn(C)c2ncc(CN3CC(C)NCC3C)cc12. The third kappa shape index (κ3) is 2.43. The molecule has 1 N–H and O–H groups in total. The summed E-state index contributed by atoms with van der Waals surface area (Å²) in [6.45, 7) is 9.67. The zero-order valence-corrected chi connectivity index (χ0v) is 12.7. The summed E-state index contributed by atoms with van der Waals surface area (Å²) in [7, 11) is 1.95. The van der Waals surface area contributed by atoms with Gasteiger partial charge in [-0.25, -0.2) is 4.98 Å². The fourth-order valence-electron chi connectivity index (χ4n) is 2.99. The van der Waals surface area contributed by atoms with Gasteiger partial charge in [0.05, 0.1) is 5.69 Å². The molecule has 0 bridgehead atoms. The number of piperazine rings is 1. The molecule has 5 nitrogen and oxygen atoms in total. The molecule has 2 unspecified atom stereocenters. The molecule has 3 rings (SSSR count). The van der Waals surface area contributed by atoms with Crippen molar-refractivity contribution in [2.75, 3.05) is 13.1 Å². The van der Waals surface area contributed by atoms with E-state index in [-0.39, 0.29) is 0 Å². The van der Waals surface area contributed by atoms with Gasteiger partial charge in [0.15, 0.2) is 5.65 Å². The Kier molecular flexibility index (Phi) is 3.48. The van der Waals surface area contributed by atoms with Gasteiger partial charge < -0.3 is 5.32 Å². The molecule has 5 heteroatoms. The molecule has 1 saturated heterocycles. The maximum Gasteiger partial charge on any atom is 0.157 e. The molecule has 2 atom stereocenters. The van der Waals surface area contributed by atoms with E-state index in [4.69, 9.17) is 0 Å². The highest BCUT2D eigenvalue weighted by molar-refractivity contribution is 5.78. The van der Waals surface area contributed by atoms with Gasteiger partial charge in [0, 0.05) is 50.3 Å². The third-order valence-electron chi connectivity index (χ3n) is 4.20. The zero-order chi connectivity index (χ0) is 14.3.